The van der Waals surface area contributed by atoms with Gasteiger partial charge in [-0.2, -0.15) is 0 Å². The number of carbonyl (C=O) groups excluding carboxylic acids is 2. The molecule has 0 saturated carbocycles. The van der Waals surface area contributed by atoms with Crippen LogP contribution in [0.2, 0.25) is 0 Å². The summed E-state index contributed by atoms with van der Waals surface area (Å²) in [6.07, 6.45) is 0. The number of hydrogen-bond donors (Lipinski definition) is 4. The Morgan fingerprint density at radius 2 is 1.90 bits per heavy atom. The zero-order chi connectivity index (χ0) is 7.94. The third kappa shape index (κ3) is 0.652. The molecule has 0 aromatic heterocycles. The van der Waals surface area contributed by atoms with Gasteiger partial charge in [0.25, 0.3) is 0 Å². The Labute approximate surface area is 54.4 Å². The molecule has 0 spiro atoms. The molecular weight excluding hydrogens is 144 g/mol. The van der Waals surface area contributed by atoms with Crippen LogP contribution >= 0.6 is 0 Å². The normalized spacial score (nSPS) is 23.3. The SMILES string of the molecule is O=C1NC(=O)C(O)(O)N1O. The lowest BCUT2D eigenvalue weighted by molar-refractivity contribution is -0.298. The van der Waals surface area contributed by atoms with Gasteiger partial charge in [0.05, 0.1) is 0 Å². The van der Waals surface area contributed by atoms with Crippen LogP contribution in [0.25, 0.3) is 0 Å². The van der Waals surface area contributed by atoms with E-state index in [0.29, 0.717) is 0 Å². The van der Waals surface area contributed by atoms with Crippen molar-refractivity contribution in [3.8, 4) is 0 Å². The van der Waals surface area contributed by atoms with Crippen molar-refractivity contribution in [3.05, 3.63) is 0 Å². The third-order valence-corrected chi connectivity index (χ3v) is 1.01. The molecule has 7 heteroatoms. The minimum atomic E-state index is -3.13. The van der Waals surface area contributed by atoms with Crippen LogP contribution in [0, 0.1) is 0 Å². The molecule has 56 valence electrons. The number of carbonyl (C=O) groups is 2. The lowest BCUT2D eigenvalue weighted by Crippen LogP contribution is -2.47. The molecule has 1 rings (SSSR count). The zero-order valence-corrected chi connectivity index (χ0v) is 4.61. The summed E-state index contributed by atoms with van der Waals surface area (Å²) in [5.41, 5.74) is 0. The van der Waals surface area contributed by atoms with Crippen LogP contribution in [0.15, 0.2) is 0 Å². The van der Waals surface area contributed by atoms with Crippen molar-refractivity contribution in [2.75, 3.05) is 0 Å². The Balaban J connectivity index is 2.96. The van der Waals surface area contributed by atoms with Crippen LogP contribution in [0.5, 0.6) is 0 Å². The average Bonchev–Trinajstić information content (AvgIpc) is 1.97. The Bertz CT molecular complexity index is 199. The van der Waals surface area contributed by atoms with Gasteiger partial charge in [0, 0.05) is 0 Å². The Morgan fingerprint density at radius 3 is 2.00 bits per heavy atom. The molecule has 10 heavy (non-hydrogen) atoms. The first-order valence-electron chi connectivity index (χ1n) is 2.25. The largest absolute Gasteiger partial charge is 0.357 e. The molecule has 0 bridgehead atoms. The summed E-state index contributed by atoms with van der Waals surface area (Å²) in [5, 5.41) is 26.3. The summed E-state index contributed by atoms with van der Waals surface area (Å²) in [5.74, 6) is -4.50. The summed E-state index contributed by atoms with van der Waals surface area (Å²) in [7, 11) is 0. The van der Waals surface area contributed by atoms with Crippen LogP contribution in [-0.2, 0) is 4.79 Å². The van der Waals surface area contributed by atoms with Gasteiger partial charge in [-0.3, -0.25) is 15.3 Å². The van der Waals surface area contributed by atoms with Crippen molar-refractivity contribution in [2.24, 2.45) is 0 Å². The predicted octanol–water partition coefficient (Wildman–Crippen LogP) is -2.43. The molecule has 0 atom stereocenters. The Morgan fingerprint density at radius 1 is 1.40 bits per heavy atom. The lowest BCUT2D eigenvalue weighted by Gasteiger charge is -2.16. The standard InChI is InChI=1S/C3H4N2O5/c6-1-3(8,9)5(10)2(7)4-1/h8-10H,(H,4,6,7). The number of amides is 3. The van der Waals surface area contributed by atoms with E-state index in [0.717, 1.165) is 0 Å². The highest BCUT2D eigenvalue weighted by Gasteiger charge is 2.51. The first-order valence-corrected chi connectivity index (χ1v) is 2.25. The highest BCUT2D eigenvalue weighted by Crippen LogP contribution is 2.11. The summed E-state index contributed by atoms with van der Waals surface area (Å²) < 4.78 is 0. The minimum Gasteiger partial charge on any atom is -0.339 e. The van der Waals surface area contributed by atoms with Gasteiger partial charge in [-0.1, -0.05) is 0 Å². The average molecular weight is 148 g/mol. The summed E-state index contributed by atoms with van der Waals surface area (Å²) in [4.78, 5) is 20.5. The van der Waals surface area contributed by atoms with Crippen molar-refractivity contribution < 1.29 is 25.0 Å². The van der Waals surface area contributed by atoms with Gasteiger partial charge in [-0.15, -0.1) is 5.06 Å². The number of hydrogen-bond acceptors (Lipinski definition) is 5. The van der Waals surface area contributed by atoms with E-state index in [-0.39, 0.29) is 0 Å². The van der Waals surface area contributed by atoms with E-state index in [1.165, 1.54) is 5.32 Å². The minimum absolute atomic E-state index is 0.505. The third-order valence-electron chi connectivity index (χ3n) is 1.01. The van der Waals surface area contributed by atoms with Gasteiger partial charge in [-0.25, -0.2) is 4.79 Å². The molecule has 0 aromatic carbocycles. The summed E-state index contributed by atoms with van der Waals surface area (Å²) in [6.45, 7) is 0. The highest BCUT2D eigenvalue weighted by molar-refractivity contribution is 6.03. The van der Waals surface area contributed by atoms with Crippen LogP contribution in [0.4, 0.5) is 4.79 Å². The number of nitrogens with one attached hydrogen (secondary N) is 1. The topological polar surface area (TPSA) is 110 Å². The van der Waals surface area contributed by atoms with E-state index >= 15 is 0 Å². The number of hydroxylamine groups is 2. The molecule has 1 saturated heterocycles. The molecule has 4 N–H and O–H groups in total. The molecule has 0 radical (unpaired) electrons. The molecule has 1 fully saturated rings. The molecule has 1 heterocycles. The Kier molecular flexibility index (Phi) is 1.15. The lowest BCUT2D eigenvalue weighted by atomic mass is 10.5. The van der Waals surface area contributed by atoms with E-state index in [1.54, 1.807) is 0 Å². The van der Waals surface area contributed by atoms with E-state index in [2.05, 4.69) is 0 Å². The maximum absolute atomic E-state index is 10.3. The smallest absolute Gasteiger partial charge is 0.339 e. The zero-order valence-electron chi connectivity index (χ0n) is 4.61. The van der Waals surface area contributed by atoms with E-state index in [1.807, 2.05) is 0 Å². The van der Waals surface area contributed by atoms with Crippen molar-refractivity contribution in [3.63, 3.8) is 0 Å². The number of nitrogens with zero attached hydrogens (tertiary/aromatic N) is 1. The fourth-order valence-electron chi connectivity index (χ4n) is 0.472. The maximum Gasteiger partial charge on any atom is 0.357 e. The monoisotopic (exact) mass is 148 g/mol. The molecular formula is C3H4N2O5. The molecule has 1 aliphatic heterocycles. The van der Waals surface area contributed by atoms with E-state index < -0.39 is 22.9 Å². The van der Waals surface area contributed by atoms with Crippen LogP contribution in [-0.4, -0.2) is 38.3 Å². The highest BCUT2D eigenvalue weighted by atomic mass is 16.7. The number of aliphatic hydroxyl groups is 2. The molecule has 0 aliphatic carbocycles. The number of imide groups is 1. The van der Waals surface area contributed by atoms with E-state index in [4.69, 9.17) is 15.4 Å². The van der Waals surface area contributed by atoms with Gasteiger partial charge < -0.3 is 10.2 Å². The second-order valence-corrected chi connectivity index (χ2v) is 1.71. The quantitative estimate of drug-likeness (QED) is 0.173. The van der Waals surface area contributed by atoms with Crippen molar-refractivity contribution in [1.29, 1.82) is 0 Å². The molecule has 0 aromatic rings. The summed E-state index contributed by atoms with van der Waals surface area (Å²) in [6, 6.07) is -1.27. The first kappa shape index (κ1) is 6.93. The van der Waals surface area contributed by atoms with Crippen LogP contribution < -0.4 is 5.32 Å². The second kappa shape index (κ2) is 1.66. The molecule has 1 aliphatic rings. The number of urea groups is 1. The molecule has 0 unspecified atom stereocenters. The van der Waals surface area contributed by atoms with Crippen molar-refractivity contribution in [2.45, 2.75) is 5.91 Å². The van der Waals surface area contributed by atoms with Crippen LogP contribution in [0.1, 0.15) is 0 Å². The maximum atomic E-state index is 10.3. The molecule has 7 nitrogen and oxygen atoms in total. The fourth-order valence-corrected chi connectivity index (χ4v) is 0.472. The van der Waals surface area contributed by atoms with Gasteiger partial charge in [-0.05, 0) is 0 Å². The second-order valence-electron chi connectivity index (χ2n) is 1.71. The Hall–Kier alpha value is -1.18. The number of rotatable bonds is 0. The summed E-state index contributed by atoms with van der Waals surface area (Å²) >= 11 is 0. The van der Waals surface area contributed by atoms with Gasteiger partial charge in [0.1, 0.15) is 0 Å². The van der Waals surface area contributed by atoms with Gasteiger partial charge in [0.2, 0.25) is 0 Å². The van der Waals surface area contributed by atoms with Crippen molar-refractivity contribution in [1.82, 2.24) is 10.4 Å². The van der Waals surface area contributed by atoms with E-state index in [9.17, 15) is 9.59 Å². The predicted molar refractivity (Wildman–Crippen MR) is 24.3 cm³/mol. The van der Waals surface area contributed by atoms with Gasteiger partial charge >= 0.3 is 17.8 Å². The van der Waals surface area contributed by atoms with Crippen LogP contribution in [0.3, 0.4) is 0 Å². The van der Waals surface area contributed by atoms with Gasteiger partial charge in [0.15, 0.2) is 0 Å². The fraction of sp³-hybridized carbons (Fsp3) is 0.333. The van der Waals surface area contributed by atoms with Crippen molar-refractivity contribution >= 4 is 11.9 Å². The first-order chi connectivity index (χ1) is 4.46. The molecule has 3 amide bonds.